The van der Waals surface area contributed by atoms with Gasteiger partial charge in [0.15, 0.2) is 24.0 Å². The highest BCUT2D eigenvalue weighted by Gasteiger charge is 2.19. The summed E-state index contributed by atoms with van der Waals surface area (Å²) in [5.41, 5.74) is 0. The van der Waals surface area contributed by atoms with Crippen LogP contribution in [0.15, 0.2) is 17.0 Å². The van der Waals surface area contributed by atoms with E-state index in [1.807, 2.05) is 0 Å². The molecule has 0 amide bonds. The maximum absolute atomic E-state index is 13.4. The molecule has 1 rings (SSSR count). The van der Waals surface area contributed by atoms with Crippen LogP contribution in [0.2, 0.25) is 0 Å². The van der Waals surface area contributed by atoms with Crippen LogP contribution in [0.5, 0.6) is 5.75 Å². The van der Waals surface area contributed by atoms with Gasteiger partial charge in [0.1, 0.15) is 0 Å². The molecule has 0 aliphatic rings. The molecule has 106 valence electrons. The van der Waals surface area contributed by atoms with Crippen LogP contribution in [-0.4, -0.2) is 27.6 Å². The molecular formula is C10H9ClF2O5S. The van der Waals surface area contributed by atoms with Crippen LogP contribution in [0.4, 0.5) is 8.78 Å². The first-order valence-corrected chi connectivity index (χ1v) is 7.28. The van der Waals surface area contributed by atoms with Crippen LogP contribution in [0, 0.1) is 11.6 Å². The predicted octanol–water partition coefficient (Wildman–Crippen LogP) is 1.83. The summed E-state index contributed by atoms with van der Waals surface area (Å²) in [4.78, 5) is 10.2. The highest BCUT2D eigenvalue weighted by atomic mass is 35.7. The molecule has 0 radical (unpaired) electrons. The van der Waals surface area contributed by atoms with Crippen molar-refractivity contribution < 1.29 is 31.5 Å². The molecule has 9 heteroatoms. The van der Waals surface area contributed by atoms with Gasteiger partial charge in [-0.05, 0) is 19.1 Å². The number of halogens is 3. The first kappa shape index (κ1) is 15.6. The third-order valence-electron chi connectivity index (χ3n) is 1.89. The summed E-state index contributed by atoms with van der Waals surface area (Å²) in [6.45, 7) is 0.949. The molecule has 0 fully saturated rings. The largest absolute Gasteiger partial charge is 0.476 e. The Morgan fingerprint density at radius 1 is 1.32 bits per heavy atom. The third kappa shape index (κ3) is 4.32. The van der Waals surface area contributed by atoms with Gasteiger partial charge in [0.2, 0.25) is 0 Å². The Bertz CT molecular complexity index is 565. The lowest BCUT2D eigenvalue weighted by Crippen LogP contribution is -2.16. The van der Waals surface area contributed by atoms with Crippen molar-refractivity contribution in [3.63, 3.8) is 0 Å². The van der Waals surface area contributed by atoms with Crippen molar-refractivity contribution in [1.82, 2.24) is 0 Å². The van der Waals surface area contributed by atoms with Gasteiger partial charge in [0.05, 0.1) is 11.5 Å². The van der Waals surface area contributed by atoms with E-state index in [9.17, 15) is 22.0 Å². The van der Waals surface area contributed by atoms with E-state index in [1.165, 1.54) is 0 Å². The third-order valence-corrected chi connectivity index (χ3v) is 3.23. The molecule has 0 spiro atoms. The van der Waals surface area contributed by atoms with Crippen molar-refractivity contribution in [1.29, 1.82) is 0 Å². The number of rotatable bonds is 5. The summed E-state index contributed by atoms with van der Waals surface area (Å²) in [5.74, 6) is -4.26. The van der Waals surface area contributed by atoms with Gasteiger partial charge in [0, 0.05) is 10.7 Å². The second kappa shape index (κ2) is 6.16. The second-order valence-electron chi connectivity index (χ2n) is 3.25. The van der Waals surface area contributed by atoms with Gasteiger partial charge < -0.3 is 9.47 Å². The Morgan fingerprint density at radius 3 is 2.26 bits per heavy atom. The number of hydrogen-bond acceptors (Lipinski definition) is 5. The quantitative estimate of drug-likeness (QED) is 0.612. The molecule has 0 aromatic heterocycles. The number of benzene rings is 1. The van der Waals surface area contributed by atoms with Crippen molar-refractivity contribution in [2.75, 3.05) is 13.2 Å². The van der Waals surface area contributed by atoms with E-state index in [0.717, 1.165) is 0 Å². The maximum atomic E-state index is 13.4. The summed E-state index contributed by atoms with van der Waals surface area (Å²) in [5, 5.41) is 0. The minimum atomic E-state index is -4.26. The molecule has 0 N–H and O–H groups in total. The average Bonchev–Trinajstić information content (AvgIpc) is 2.26. The highest BCUT2D eigenvalue weighted by Crippen LogP contribution is 2.27. The number of carbonyl (C=O) groups excluding carboxylic acids is 1. The molecule has 19 heavy (non-hydrogen) atoms. The minimum Gasteiger partial charge on any atom is -0.476 e. The average molecular weight is 315 g/mol. The molecule has 1 aromatic carbocycles. The first-order chi connectivity index (χ1) is 8.75. The highest BCUT2D eigenvalue weighted by molar-refractivity contribution is 8.13. The summed E-state index contributed by atoms with van der Waals surface area (Å²) in [6, 6.07) is 0.984. The van der Waals surface area contributed by atoms with Gasteiger partial charge in [-0.3, -0.25) is 0 Å². The molecular weight excluding hydrogens is 306 g/mol. The molecule has 0 aliphatic carbocycles. The predicted molar refractivity (Wildman–Crippen MR) is 61.5 cm³/mol. The molecule has 5 nitrogen and oxygen atoms in total. The van der Waals surface area contributed by atoms with Crippen LogP contribution in [0.25, 0.3) is 0 Å². The van der Waals surface area contributed by atoms with E-state index in [0.29, 0.717) is 12.1 Å². The van der Waals surface area contributed by atoms with E-state index in [2.05, 4.69) is 9.47 Å². The molecule has 0 saturated carbocycles. The Hall–Kier alpha value is -1.41. The lowest BCUT2D eigenvalue weighted by Gasteiger charge is -2.08. The van der Waals surface area contributed by atoms with E-state index < -0.39 is 43.9 Å². The SMILES string of the molecule is CCOC(=O)COc1c(F)cc(S(=O)(=O)Cl)cc1F. The zero-order valence-corrected chi connectivity index (χ0v) is 11.2. The monoisotopic (exact) mass is 314 g/mol. The molecule has 0 unspecified atom stereocenters. The fraction of sp³-hybridized carbons (Fsp3) is 0.300. The lowest BCUT2D eigenvalue weighted by atomic mass is 10.3. The van der Waals surface area contributed by atoms with Crippen LogP contribution < -0.4 is 4.74 Å². The van der Waals surface area contributed by atoms with Crippen molar-refractivity contribution in [3.05, 3.63) is 23.8 Å². The standard InChI is InChI=1S/C10H9ClF2O5S/c1-2-17-9(14)5-18-10-7(12)3-6(4-8(10)13)19(11,15)16/h3-4H,2,5H2,1H3. The van der Waals surface area contributed by atoms with Crippen LogP contribution in [0.1, 0.15) is 6.92 Å². The molecule has 0 bridgehead atoms. The number of hydrogen-bond donors (Lipinski definition) is 0. The Balaban J connectivity index is 2.95. The number of esters is 1. The van der Waals surface area contributed by atoms with E-state index >= 15 is 0 Å². The van der Waals surface area contributed by atoms with Gasteiger partial charge in [-0.15, -0.1) is 0 Å². The Morgan fingerprint density at radius 2 is 1.84 bits per heavy atom. The molecule has 0 aliphatic heterocycles. The van der Waals surface area contributed by atoms with Gasteiger partial charge in [-0.1, -0.05) is 0 Å². The molecule has 0 heterocycles. The van der Waals surface area contributed by atoms with Gasteiger partial charge in [-0.25, -0.2) is 22.0 Å². The lowest BCUT2D eigenvalue weighted by molar-refractivity contribution is -0.145. The maximum Gasteiger partial charge on any atom is 0.344 e. The second-order valence-corrected chi connectivity index (χ2v) is 5.81. The summed E-state index contributed by atoms with van der Waals surface area (Å²) in [6.07, 6.45) is 0. The zero-order chi connectivity index (χ0) is 14.6. The van der Waals surface area contributed by atoms with Crippen molar-refractivity contribution in [3.8, 4) is 5.75 Å². The van der Waals surface area contributed by atoms with Crippen LogP contribution >= 0.6 is 10.7 Å². The Kier molecular flexibility index (Phi) is 5.07. The Labute approximate surface area is 112 Å². The van der Waals surface area contributed by atoms with E-state index in [4.69, 9.17) is 10.7 Å². The molecule has 0 saturated heterocycles. The van der Waals surface area contributed by atoms with Crippen molar-refractivity contribution in [2.45, 2.75) is 11.8 Å². The van der Waals surface area contributed by atoms with Crippen molar-refractivity contribution in [2.24, 2.45) is 0 Å². The molecule has 1 aromatic rings. The fourth-order valence-corrected chi connectivity index (χ4v) is 1.90. The minimum absolute atomic E-state index is 0.0938. The number of carbonyl (C=O) groups is 1. The molecule has 0 atom stereocenters. The summed E-state index contributed by atoms with van der Waals surface area (Å²) >= 11 is 0. The summed E-state index contributed by atoms with van der Waals surface area (Å²) in [7, 11) is 0.688. The topological polar surface area (TPSA) is 69.7 Å². The van der Waals surface area contributed by atoms with E-state index in [-0.39, 0.29) is 6.61 Å². The van der Waals surface area contributed by atoms with E-state index in [1.54, 1.807) is 6.92 Å². The normalized spacial score (nSPS) is 11.2. The van der Waals surface area contributed by atoms with Gasteiger partial charge in [0.25, 0.3) is 9.05 Å². The number of ether oxygens (including phenoxy) is 2. The smallest absolute Gasteiger partial charge is 0.344 e. The van der Waals surface area contributed by atoms with Gasteiger partial charge >= 0.3 is 5.97 Å². The van der Waals surface area contributed by atoms with Gasteiger partial charge in [-0.2, -0.15) is 0 Å². The van der Waals surface area contributed by atoms with Crippen LogP contribution in [0.3, 0.4) is 0 Å². The summed E-state index contributed by atoms with van der Waals surface area (Å²) < 4.78 is 57.8. The van der Waals surface area contributed by atoms with Crippen molar-refractivity contribution >= 4 is 25.7 Å². The zero-order valence-electron chi connectivity index (χ0n) is 9.65. The first-order valence-electron chi connectivity index (χ1n) is 4.97. The van der Waals surface area contributed by atoms with Crippen LogP contribution in [-0.2, 0) is 18.6 Å². The fourth-order valence-electron chi connectivity index (χ4n) is 1.15.